The summed E-state index contributed by atoms with van der Waals surface area (Å²) in [6, 6.07) is 9.46. The number of methoxy groups -OCH3 is 1. The number of benzene rings is 1. The Labute approximate surface area is 279 Å². The highest BCUT2D eigenvalue weighted by molar-refractivity contribution is 5.83. The number of hydrogen-bond donors (Lipinski definition) is 2. The van der Waals surface area contributed by atoms with Crippen LogP contribution in [-0.2, 0) is 19.7 Å². The summed E-state index contributed by atoms with van der Waals surface area (Å²) >= 11 is 0. The van der Waals surface area contributed by atoms with Crippen LogP contribution >= 0.6 is 0 Å². The van der Waals surface area contributed by atoms with E-state index in [-0.39, 0.29) is 35.8 Å². The molecular formula is C39H49N3O5. The number of fused-ring (bicyclic) bond motifs is 3. The summed E-state index contributed by atoms with van der Waals surface area (Å²) in [5.41, 5.74) is 4.96. The lowest BCUT2D eigenvalue weighted by Crippen LogP contribution is -2.30. The van der Waals surface area contributed by atoms with Crippen LogP contribution in [0.4, 0.5) is 5.82 Å². The van der Waals surface area contributed by atoms with Crippen molar-refractivity contribution < 1.29 is 24.2 Å². The first kappa shape index (κ1) is 34.2. The predicted octanol–water partition coefficient (Wildman–Crippen LogP) is 7.46. The summed E-state index contributed by atoms with van der Waals surface area (Å²) in [6.45, 7) is 4.74. The van der Waals surface area contributed by atoms with Crippen LogP contribution in [0, 0.1) is 17.8 Å². The van der Waals surface area contributed by atoms with Gasteiger partial charge in [0.05, 0.1) is 26.1 Å². The van der Waals surface area contributed by atoms with Gasteiger partial charge in [-0.15, -0.1) is 0 Å². The van der Waals surface area contributed by atoms with E-state index >= 15 is 0 Å². The number of aliphatic imine (C=N–C) groups is 1. The third-order valence-electron chi connectivity index (χ3n) is 10.2. The number of nitrogens with one attached hydrogen (secondary N) is 1. The molecule has 2 aliphatic heterocycles. The molecule has 2 N–H and O–H groups in total. The summed E-state index contributed by atoms with van der Waals surface area (Å²) < 4.78 is 11.0. The molecule has 0 saturated heterocycles. The van der Waals surface area contributed by atoms with Gasteiger partial charge in [-0.3, -0.25) is 14.6 Å². The number of carbonyl (C=O) groups is 2. The molecule has 2 aromatic rings. The van der Waals surface area contributed by atoms with Crippen molar-refractivity contribution in [3.8, 4) is 23.3 Å². The van der Waals surface area contributed by atoms with Crippen LogP contribution in [0.2, 0.25) is 0 Å². The quantitative estimate of drug-likeness (QED) is 0.264. The van der Waals surface area contributed by atoms with Gasteiger partial charge in [0.15, 0.2) is 11.5 Å². The fourth-order valence-electron chi connectivity index (χ4n) is 7.54. The molecule has 5 rings (SSSR count). The number of phenols is 1. The van der Waals surface area contributed by atoms with E-state index in [1.165, 1.54) is 50.0 Å². The molecule has 0 amide bonds. The predicted molar refractivity (Wildman–Crippen MR) is 185 cm³/mol. The summed E-state index contributed by atoms with van der Waals surface area (Å²) in [5, 5.41) is 13.6. The van der Waals surface area contributed by atoms with Gasteiger partial charge in [-0.2, -0.15) is 0 Å². The number of anilines is 1. The van der Waals surface area contributed by atoms with Crippen molar-refractivity contribution in [3.05, 3.63) is 58.8 Å². The first-order valence-corrected chi connectivity index (χ1v) is 17.2. The van der Waals surface area contributed by atoms with E-state index < -0.39 is 12.0 Å². The van der Waals surface area contributed by atoms with Crippen LogP contribution in [0.25, 0.3) is 0 Å². The molecule has 1 saturated carbocycles. The summed E-state index contributed by atoms with van der Waals surface area (Å²) in [7, 11) is 1.50. The summed E-state index contributed by atoms with van der Waals surface area (Å²) in [5.74, 6) is 7.23. The maximum atomic E-state index is 13.5. The third kappa shape index (κ3) is 9.03. The molecule has 0 radical (unpaired) electrons. The molecular weight excluding hydrogens is 590 g/mol. The molecule has 1 aromatic heterocycles. The van der Waals surface area contributed by atoms with Gasteiger partial charge in [0.1, 0.15) is 17.7 Å². The highest BCUT2D eigenvalue weighted by atomic mass is 16.5. The lowest BCUT2D eigenvalue weighted by molar-refractivity contribution is -0.148. The first-order valence-electron chi connectivity index (χ1n) is 17.2. The molecule has 1 aliphatic carbocycles. The average Bonchev–Trinajstić information content (AvgIpc) is 3.50. The van der Waals surface area contributed by atoms with E-state index in [1.807, 2.05) is 6.20 Å². The molecule has 1 fully saturated rings. The Balaban J connectivity index is 1.49. The van der Waals surface area contributed by atoms with Crippen LogP contribution in [0.15, 0.2) is 52.7 Å². The minimum atomic E-state index is -0.489. The van der Waals surface area contributed by atoms with Gasteiger partial charge >= 0.3 is 5.97 Å². The van der Waals surface area contributed by atoms with Gasteiger partial charge in [-0.05, 0) is 96.4 Å². The van der Waals surface area contributed by atoms with Crippen LogP contribution in [0.3, 0.4) is 0 Å². The zero-order chi connectivity index (χ0) is 33.2. The fourth-order valence-corrected chi connectivity index (χ4v) is 7.54. The summed E-state index contributed by atoms with van der Waals surface area (Å²) in [6.07, 6.45) is 14.2. The van der Waals surface area contributed by atoms with Crippen molar-refractivity contribution in [2.24, 2.45) is 10.9 Å². The Hall–Kier alpha value is -4.12. The van der Waals surface area contributed by atoms with Gasteiger partial charge in [0, 0.05) is 32.2 Å². The number of rotatable bonds is 4. The van der Waals surface area contributed by atoms with Gasteiger partial charge in [-0.1, -0.05) is 50.5 Å². The normalized spacial score (nSPS) is 23.6. The Morgan fingerprint density at radius 2 is 1.94 bits per heavy atom. The van der Waals surface area contributed by atoms with Crippen LogP contribution in [0.5, 0.6) is 11.5 Å². The van der Waals surface area contributed by atoms with E-state index in [9.17, 15) is 14.7 Å². The number of carbonyl (C=O) groups excluding carboxylic acids is 2. The summed E-state index contributed by atoms with van der Waals surface area (Å²) in [4.78, 5) is 35.0. The number of hydrogen-bond acceptors (Lipinski definition) is 8. The van der Waals surface area contributed by atoms with E-state index in [2.05, 4.69) is 47.4 Å². The van der Waals surface area contributed by atoms with Gasteiger partial charge in [0.25, 0.3) is 0 Å². The minimum absolute atomic E-state index is 0.0259. The SMILES string of the molecule is CC[C@H]1CC[C@@H](OC(C)=O)CC(=O)C[C@H](c2ccc(O)c(OC)c2)C#CCNc2cc(ccn2)C2(CCCCC2)CC2=C(C=NC2)C1. The van der Waals surface area contributed by atoms with Crippen molar-refractivity contribution in [1.29, 1.82) is 0 Å². The van der Waals surface area contributed by atoms with Gasteiger partial charge in [0.2, 0.25) is 0 Å². The smallest absolute Gasteiger partial charge is 0.302 e. The zero-order valence-electron chi connectivity index (χ0n) is 28.1. The monoisotopic (exact) mass is 639 g/mol. The number of Topliss-reactive ketones (excluding diaryl/α,β-unsaturated/α-hetero) is 1. The number of aromatic nitrogens is 1. The topological polar surface area (TPSA) is 110 Å². The molecule has 250 valence electrons. The molecule has 2 bridgehead atoms. The maximum Gasteiger partial charge on any atom is 0.302 e. The molecule has 3 heterocycles. The Morgan fingerprint density at radius 3 is 2.70 bits per heavy atom. The number of esters is 1. The van der Waals surface area contributed by atoms with E-state index in [1.54, 1.807) is 18.2 Å². The number of aromatic hydroxyl groups is 1. The van der Waals surface area contributed by atoms with E-state index in [0.717, 1.165) is 56.5 Å². The maximum absolute atomic E-state index is 13.5. The molecule has 1 aromatic carbocycles. The average molecular weight is 640 g/mol. The standard InChI is InChI=1S/C39H49N3O5/c1-4-28-10-12-35(47-27(2)43)23-34(44)20-29(30-11-13-36(45)37(21-30)46-3)9-8-17-41-38-22-33(14-18-42-38)39(15-6-5-7-16-39)24-32-26-40-25-31(32)19-28/h11,13-14,18,21-22,25,28-29,35,45H,4-7,10,12,15-17,19-20,23-24,26H2,1-3H3,(H,41,42)/t28-,29+,35+/m0/s1. The first-order chi connectivity index (χ1) is 22.8. The highest BCUT2D eigenvalue weighted by Crippen LogP contribution is 2.46. The van der Waals surface area contributed by atoms with Crippen LogP contribution in [0.1, 0.15) is 108 Å². The van der Waals surface area contributed by atoms with Gasteiger partial charge < -0.3 is 19.9 Å². The highest BCUT2D eigenvalue weighted by Gasteiger charge is 2.36. The Bertz CT molecular complexity index is 1550. The third-order valence-corrected chi connectivity index (χ3v) is 10.2. The number of nitrogens with zero attached hydrogens (tertiary/aromatic N) is 2. The largest absolute Gasteiger partial charge is 0.504 e. The number of pyridine rings is 1. The fraction of sp³-hybridized carbons (Fsp3) is 0.538. The number of allylic oxidation sites excluding steroid dienone is 1. The van der Waals surface area contributed by atoms with E-state index in [0.29, 0.717) is 24.6 Å². The van der Waals surface area contributed by atoms with Crippen molar-refractivity contribution in [2.75, 3.05) is 25.5 Å². The van der Waals surface area contributed by atoms with Crippen molar-refractivity contribution in [3.63, 3.8) is 0 Å². The number of ether oxygens (including phenoxy) is 2. The molecule has 8 heteroatoms. The second-order valence-electron chi connectivity index (χ2n) is 13.4. The number of ketones is 1. The van der Waals surface area contributed by atoms with Crippen molar-refractivity contribution in [1.82, 2.24) is 4.98 Å². The van der Waals surface area contributed by atoms with Crippen LogP contribution in [-0.4, -0.2) is 54.4 Å². The Kier molecular flexibility index (Phi) is 11.7. The Morgan fingerprint density at radius 1 is 1.11 bits per heavy atom. The lowest BCUT2D eigenvalue weighted by Gasteiger charge is -2.39. The molecule has 3 aliphatic rings. The zero-order valence-corrected chi connectivity index (χ0v) is 28.1. The molecule has 8 nitrogen and oxygen atoms in total. The second kappa shape index (κ2) is 16.1. The van der Waals surface area contributed by atoms with Crippen molar-refractivity contribution >= 4 is 23.8 Å². The molecule has 0 unspecified atom stereocenters. The second-order valence-corrected chi connectivity index (χ2v) is 13.4. The van der Waals surface area contributed by atoms with E-state index in [4.69, 9.17) is 14.5 Å². The number of phenolic OH excluding ortho intramolecular Hbond substituents is 1. The molecule has 1 spiro atoms. The molecule has 47 heavy (non-hydrogen) atoms. The lowest BCUT2D eigenvalue weighted by atomic mass is 9.65. The van der Waals surface area contributed by atoms with Crippen molar-refractivity contribution in [2.45, 2.75) is 108 Å². The van der Waals surface area contributed by atoms with Gasteiger partial charge in [-0.25, -0.2) is 4.98 Å². The minimum Gasteiger partial charge on any atom is -0.504 e. The van der Waals surface area contributed by atoms with Crippen LogP contribution < -0.4 is 10.1 Å². The molecule has 3 atom stereocenters.